The van der Waals surface area contributed by atoms with E-state index in [4.69, 9.17) is 4.74 Å². The van der Waals surface area contributed by atoms with Crippen molar-refractivity contribution in [3.63, 3.8) is 0 Å². The maximum absolute atomic E-state index is 12.1. The SMILES string of the molecule is O=C(NCC=Cc1ccc[n+]([O-])c1)OCC1c2ccccc2-c2ccccc21. The van der Waals surface area contributed by atoms with Crippen LogP contribution in [0.25, 0.3) is 17.2 Å². The van der Waals surface area contributed by atoms with Crippen LogP contribution in [-0.4, -0.2) is 19.2 Å². The monoisotopic (exact) mass is 372 g/mol. The van der Waals surface area contributed by atoms with Crippen LogP contribution >= 0.6 is 0 Å². The molecule has 0 spiro atoms. The summed E-state index contributed by atoms with van der Waals surface area (Å²) in [6.45, 7) is 0.614. The number of alkyl carbamates (subject to hydrolysis) is 1. The number of nitrogens with zero attached hydrogens (tertiary/aromatic N) is 1. The van der Waals surface area contributed by atoms with E-state index in [1.807, 2.05) is 30.3 Å². The zero-order valence-corrected chi connectivity index (χ0v) is 15.2. The molecular weight excluding hydrogens is 352 g/mol. The summed E-state index contributed by atoms with van der Waals surface area (Å²) in [5.74, 6) is 0.0468. The largest absolute Gasteiger partial charge is 0.619 e. The Morgan fingerprint density at radius 3 is 2.39 bits per heavy atom. The Labute approximate surface area is 163 Å². The topological polar surface area (TPSA) is 65.3 Å². The van der Waals surface area contributed by atoms with E-state index in [0.717, 1.165) is 10.3 Å². The van der Waals surface area contributed by atoms with Gasteiger partial charge in [-0.1, -0.05) is 60.7 Å². The lowest BCUT2D eigenvalue weighted by Gasteiger charge is -2.14. The maximum Gasteiger partial charge on any atom is 0.407 e. The van der Waals surface area contributed by atoms with Gasteiger partial charge in [0.15, 0.2) is 12.4 Å². The molecule has 5 nitrogen and oxygen atoms in total. The minimum absolute atomic E-state index is 0.0468. The van der Waals surface area contributed by atoms with Crippen LogP contribution in [0.4, 0.5) is 4.79 Å². The number of pyridine rings is 1. The standard InChI is InChI=1S/C23H20N2O3/c26-23(24-13-5-7-17-8-6-14-25(27)15-17)28-16-22-20-11-3-1-9-18(20)19-10-2-4-12-21(19)22/h1-12,14-15,22H,13,16H2,(H,24,26). The van der Waals surface area contributed by atoms with Gasteiger partial charge in [-0.15, -0.1) is 0 Å². The van der Waals surface area contributed by atoms with Crippen LogP contribution in [0, 0.1) is 5.21 Å². The first-order valence-corrected chi connectivity index (χ1v) is 9.16. The van der Waals surface area contributed by atoms with Gasteiger partial charge in [0.05, 0.1) is 0 Å². The second-order valence-electron chi connectivity index (χ2n) is 6.61. The van der Waals surface area contributed by atoms with Gasteiger partial charge in [0.1, 0.15) is 6.61 Å². The zero-order valence-electron chi connectivity index (χ0n) is 15.2. The number of aromatic nitrogens is 1. The quantitative estimate of drug-likeness (QED) is 0.546. The van der Waals surface area contributed by atoms with E-state index in [2.05, 4.69) is 29.6 Å². The van der Waals surface area contributed by atoms with Gasteiger partial charge < -0.3 is 15.3 Å². The van der Waals surface area contributed by atoms with Crippen LogP contribution in [0.5, 0.6) is 0 Å². The highest BCUT2D eigenvalue weighted by Crippen LogP contribution is 2.44. The molecule has 0 aliphatic heterocycles. The van der Waals surface area contributed by atoms with E-state index in [1.165, 1.54) is 34.6 Å². The van der Waals surface area contributed by atoms with Crippen LogP contribution in [-0.2, 0) is 4.74 Å². The predicted molar refractivity (Wildman–Crippen MR) is 108 cm³/mol. The lowest BCUT2D eigenvalue weighted by molar-refractivity contribution is -0.605. The van der Waals surface area contributed by atoms with Gasteiger partial charge in [-0.05, 0) is 28.3 Å². The summed E-state index contributed by atoms with van der Waals surface area (Å²) in [6, 6.07) is 20.0. The van der Waals surface area contributed by atoms with E-state index >= 15 is 0 Å². The summed E-state index contributed by atoms with van der Waals surface area (Å²) in [6.07, 6.45) is 5.98. The van der Waals surface area contributed by atoms with Gasteiger partial charge >= 0.3 is 6.09 Å². The minimum Gasteiger partial charge on any atom is -0.619 e. The number of benzene rings is 2. The Balaban J connectivity index is 1.34. The Hall–Kier alpha value is -3.60. The minimum atomic E-state index is -0.460. The molecule has 1 aliphatic rings. The molecule has 0 atom stereocenters. The molecule has 4 rings (SSSR count). The molecule has 28 heavy (non-hydrogen) atoms. The van der Waals surface area contributed by atoms with Gasteiger partial charge in [0.2, 0.25) is 0 Å². The Kier molecular flexibility index (Phi) is 5.06. The molecule has 2 aromatic carbocycles. The molecule has 1 heterocycles. The normalized spacial score (nSPS) is 12.6. The third-order valence-corrected chi connectivity index (χ3v) is 4.82. The highest BCUT2D eigenvalue weighted by molar-refractivity contribution is 5.79. The van der Waals surface area contributed by atoms with E-state index in [9.17, 15) is 10.0 Å². The van der Waals surface area contributed by atoms with Crippen molar-refractivity contribution in [3.8, 4) is 11.1 Å². The summed E-state index contributed by atoms with van der Waals surface area (Å²) < 4.78 is 6.21. The number of amides is 1. The number of ether oxygens (including phenoxy) is 1. The highest BCUT2D eigenvalue weighted by atomic mass is 16.5. The number of hydrogen-bond acceptors (Lipinski definition) is 3. The average Bonchev–Trinajstić information content (AvgIpc) is 3.04. The molecule has 5 heteroatoms. The van der Waals surface area contributed by atoms with Gasteiger partial charge in [-0.3, -0.25) is 0 Å². The molecule has 3 aromatic rings. The molecule has 0 saturated carbocycles. The van der Waals surface area contributed by atoms with Gasteiger partial charge in [-0.2, -0.15) is 4.73 Å². The molecule has 1 aromatic heterocycles. The summed E-state index contributed by atoms with van der Waals surface area (Å²) in [7, 11) is 0. The molecule has 0 fully saturated rings. The van der Waals surface area contributed by atoms with Crippen LogP contribution < -0.4 is 10.0 Å². The van der Waals surface area contributed by atoms with Crippen molar-refractivity contribution in [1.29, 1.82) is 0 Å². The van der Waals surface area contributed by atoms with Crippen molar-refractivity contribution >= 4 is 12.2 Å². The fourth-order valence-electron chi connectivity index (χ4n) is 3.56. The molecule has 0 radical (unpaired) electrons. The molecular formula is C23H20N2O3. The van der Waals surface area contributed by atoms with Crippen molar-refractivity contribution in [3.05, 3.63) is 101 Å². The van der Waals surface area contributed by atoms with Crippen molar-refractivity contribution in [2.24, 2.45) is 0 Å². The van der Waals surface area contributed by atoms with Crippen LogP contribution in [0.1, 0.15) is 22.6 Å². The second-order valence-corrected chi connectivity index (χ2v) is 6.61. The molecule has 0 unspecified atom stereocenters. The third-order valence-electron chi connectivity index (χ3n) is 4.82. The molecule has 1 aliphatic carbocycles. The van der Waals surface area contributed by atoms with Gasteiger partial charge in [0.25, 0.3) is 0 Å². The average molecular weight is 372 g/mol. The van der Waals surface area contributed by atoms with Crippen LogP contribution in [0.2, 0.25) is 0 Å². The van der Waals surface area contributed by atoms with E-state index in [-0.39, 0.29) is 5.92 Å². The molecule has 0 bridgehead atoms. The number of carbonyl (C=O) groups is 1. The maximum atomic E-state index is 12.1. The summed E-state index contributed by atoms with van der Waals surface area (Å²) in [5.41, 5.74) is 5.55. The van der Waals surface area contributed by atoms with Crippen LogP contribution in [0.3, 0.4) is 0 Å². The Morgan fingerprint density at radius 1 is 1.04 bits per heavy atom. The van der Waals surface area contributed by atoms with E-state index in [1.54, 1.807) is 18.2 Å². The molecule has 140 valence electrons. The first-order valence-electron chi connectivity index (χ1n) is 9.16. The lowest BCUT2D eigenvalue weighted by Crippen LogP contribution is -2.26. The van der Waals surface area contributed by atoms with Gasteiger partial charge in [-0.25, -0.2) is 4.79 Å². The smallest absolute Gasteiger partial charge is 0.407 e. The molecule has 0 saturated heterocycles. The predicted octanol–water partition coefficient (Wildman–Crippen LogP) is 3.87. The number of hydrogen-bond donors (Lipinski definition) is 1. The van der Waals surface area contributed by atoms with Gasteiger partial charge in [0, 0.05) is 24.1 Å². The Bertz CT molecular complexity index is 984. The third kappa shape index (κ3) is 3.74. The zero-order chi connectivity index (χ0) is 19.3. The number of rotatable bonds is 5. The van der Waals surface area contributed by atoms with Crippen molar-refractivity contribution in [1.82, 2.24) is 5.32 Å². The molecule has 1 amide bonds. The highest BCUT2D eigenvalue weighted by Gasteiger charge is 2.28. The van der Waals surface area contributed by atoms with E-state index in [0.29, 0.717) is 13.2 Å². The number of carbonyl (C=O) groups excluding carboxylic acids is 1. The Morgan fingerprint density at radius 2 is 1.71 bits per heavy atom. The first-order chi connectivity index (χ1) is 13.7. The van der Waals surface area contributed by atoms with Crippen molar-refractivity contribution in [2.75, 3.05) is 13.2 Å². The van der Waals surface area contributed by atoms with Crippen LogP contribution in [0.15, 0.2) is 79.1 Å². The fraction of sp³-hybridized carbons (Fsp3) is 0.130. The summed E-state index contributed by atoms with van der Waals surface area (Å²) in [4.78, 5) is 12.1. The number of nitrogens with one attached hydrogen (secondary N) is 1. The summed E-state index contributed by atoms with van der Waals surface area (Å²) >= 11 is 0. The van der Waals surface area contributed by atoms with Crippen molar-refractivity contribution in [2.45, 2.75) is 5.92 Å². The molecule has 1 N–H and O–H groups in total. The first kappa shape index (κ1) is 17.8. The summed E-state index contributed by atoms with van der Waals surface area (Å²) in [5, 5.41) is 13.9. The second kappa shape index (κ2) is 7.96. The lowest BCUT2D eigenvalue weighted by atomic mass is 9.98. The van der Waals surface area contributed by atoms with E-state index < -0.39 is 6.09 Å². The van der Waals surface area contributed by atoms with Crippen molar-refractivity contribution < 1.29 is 14.3 Å². The number of fused-ring (bicyclic) bond motifs is 3. The fourth-order valence-corrected chi connectivity index (χ4v) is 3.56.